The van der Waals surface area contributed by atoms with Crippen LogP contribution in [0.2, 0.25) is 0 Å². The van der Waals surface area contributed by atoms with Crippen molar-refractivity contribution in [3.05, 3.63) is 11.5 Å². The Labute approximate surface area is 69.6 Å². The van der Waals surface area contributed by atoms with Gasteiger partial charge in [-0.15, -0.1) is 0 Å². The second-order valence-corrected chi connectivity index (χ2v) is 2.13. The summed E-state index contributed by atoms with van der Waals surface area (Å²) in [6.07, 6.45) is -4.92. The van der Waals surface area contributed by atoms with Gasteiger partial charge in [0.25, 0.3) is 0 Å². The molecule has 0 aliphatic carbocycles. The van der Waals surface area contributed by atoms with Crippen LogP contribution in [0, 0.1) is 5.82 Å². The molecular formula is C5H4F4N4. The van der Waals surface area contributed by atoms with Gasteiger partial charge in [-0.1, -0.05) is 0 Å². The first-order valence-electron chi connectivity index (χ1n) is 2.98. The number of hydrogen-bond donors (Lipinski definition) is 2. The summed E-state index contributed by atoms with van der Waals surface area (Å²) in [4.78, 5) is 5.71. The van der Waals surface area contributed by atoms with Crippen LogP contribution in [-0.4, -0.2) is 9.97 Å². The highest BCUT2D eigenvalue weighted by Crippen LogP contribution is 2.31. The van der Waals surface area contributed by atoms with E-state index < -0.39 is 29.5 Å². The molecule has 0 fully saturated rings. The van der Waals surface area contributed by atoms with Crippen LogP contribution in [-0.2, 0) is 6.18 Å². The highest BCUT2D eigenvalue weighted by molar-refractivity contribution is 5.38. The fraction of sp³-hybridized carbons (Fsp3) is 0.200. The molecule has 4 N–H and O–H groups in total. The van der Waals surface area contributed by atoms with E-state index in [1.807, 2.05) is 0 Å². The van der Waals surface area contributed by atoms with Crippen molar-refractivity contribution in [2.24, 2.45) is 0 Å². The summed E-state index contributed by atoms with van der Waals surface area (Å²) < 4.78 is 48.6. The largest absolute Gasteiger partial charge is 0.436 e. The number of hydrogen-bond acceptors (Lipinski definition) is 4. The zero-order valence-corrected chi connectivity index (χ0v) is 6.06. The Hall–Kier alpha value is -1.60. The number of rotatable bonds is 0. The van der Waals surface area contributed by atoms with E-state index in [9.17, 15) is 17.6 Å². The first-order valence-corrected chi connectivity index (χ1v) is 2.98. The zero-order valence-electron chi connectivity index (χ0n) is 6.06. The van der Waals surface area contributed by atoms with Crippen molar-refractivity contribution in [1.82, 2.24) is 9.97 Å². The van der Waals surface area contributed by atoms with Crippen LogP contribution in [0.15, 0.2) is 0 Å². The minimum absolute atomic E-state index is 0.716. The molecule has 72 valence electrons. The Morgan fingerprint density at radius 2 is 1.62 bits per heavy atom. The molecule has 8 heteroatoms. The van der Waals surface area contributed by atoms with Crippen molar-refractivity contribution in [1.29, 1.82) is 0 Å². The van der Waals surface area contributed by atoms with E-state index in [4.69, 9.17) is 11.5 Å². The number of halogens is 4. The van der Waals surface area contributed by atoms with E-state index >= 15 is 0 Å². The lowest BCUT2D eigenvalue weighted by molar-refractivity contribution is -0.143. The second kappa shape index (κ2) is 2.71. The second-order valence-electron chi connectivity index (χ2n) is 2.13. The van der Waals surface area contributed by atoms with Gasteiger partial charge in [0, 0.05) is 0 Å². The number of alkyl halides is 3. The summed E-state index contributed by atoms with van der Waals surface area (Å²) in [6.45, 7) is 0. The highest BCUT2D eigenvalue weighted by Gasteiger charge is 2.37. The Kier molecular flexibility index (Phi) is 1.98. The van der Waals surface area contributed by atoms with Gasteiger partial charge >= 0.3 is 6.18 Å². The van der Waals surface area contributed by atoms with E-state index in [2.05, 4.69) is 9.97 Å². The fourth-order valence-corrected chi connectivity index (χ4v) is 0.670. The molecule has 13 heavy (non-hydrogen) atoms. The van der Waals surface area contributed by atoms with E-state index in [0.29, 0.717) is 0 Å². The number of nitrogens with two attached hydrogens (primary N) is 2. The predicted octanol–water partition coefficient (Wildman–Crippen LogP) is 0.799. The van der Waals surface area contributed by atoms with Gasteiger partial charge in [0.1, 0.15) is 0 Å². The highest BCUT2D eigenvalue weighted by atomic mass is 19.4. The average molecular weight is 196 g/mol. The monoisotopic (exact) mass is 196 g/mol. The van der Waals surface area contributed by atoms with Gasteiger partial charge in [-0.25, -0.2) is 9.37 Å². The van der Waals surface area contributed by atoms with Crippen molar-refractivity contribution in [2.75, 3.05) is 11.5 Å². The molecule has 0 aliphatic rings. The Morgan fingerprint density at radius 3 is 2.08 bits per heavy atom. The van der Waals surface area contributed by atoms with Crippen LogP contribution in [0.1, 0.15) is 5.69 Å². The lowest BCUT2D eigenvalue weighted by Crippen LogP contribution is -2.15. The summed E-state index contributed by atoms with van der Waals surface area (Å²) in [5, 5.41) is 0. The smallest absolute Gasteiger partial charge is 0.381 e. The lowest BCUT2D eigenvalue weighted by atomic mass is 10.3. The SMILES string of the molecule is Nc1nc(N)c(F)c(C(F)(F)F)n1. The summed E-state index contributed by atoms with van der Waals surface area (Å²) in [5.41, 5.74) is 7.92. The molecular weight excluding hydrogens is 192 g/mol. The maximum absolute atomic E-state index is 12.7. The quantitative estimate of drug-likeness (QED) is 0.601. The molecule has 1 rings (SSSR count). The van der Waals surface area contributed by atoms with Gasteiger partial charge in [-0.2, -0.15) is 18.2 Å². The molecule has 0 atom stereocenters. The van der Waals surface area contributed by atoms with Crippen molar-refractivity contribution in [3.63, 3.8) is 0 Å². The Bertz CT molecular complexity index is 334. The van der Waals surface area contributed by atoms with E-state index in [1.165, 1.54) is 0 Å². The molecule has 1 heterocycles. The molecule has 0 amide bonds. The van der Waals surface area contributed by atoms with Gasteiger partial charge in [-0.05, 0) is 0 Å². The van der Waals surface area contributed by atoms with Crippen LogP contribution in [0.25, 0.3) is 0 Å². The van der Waals surface area contributed by atoms with Crippen LogP contribution in [0.5, 0.6) is 0 Å². The summed E-state index contributed by atoms with van der Waals surface area (Å²) >= 11 is 0. The normalized spacial score (nSPS) is 11.7. The molecule has 0 saturated heterocycles. The van der Waals surface area contributed by atoms with Gasteiger partial charge in [0.15, 0.2) is 17.3 Å². The first kappa shape index (κ1) is 9.49. The third-order valence-electron chi connectivity index (χ3n) is 1.16. The average Bonchev–Trinajstić information content (AvgIpc) is 1.94. The number of anilines is 2. The first-order chi connectivity index (χ1) is 5.82. The van der Waals surface area contributed by atoms with E-state index in [-0.39, 0.29) is 0 Å². The molecule has 0 aromatic carbocycles. The van der Waals surface area contributed by atoms with E-state index in [1.54, 1.807) is 0 Å². The van der Waals surface area contributed by atoms with Crippen LogP contribution in [0.4, 0.5) is 29.3 Å². The number of aromatic nitrogens is 2. The Morgan fingerprint density at radius 1 is 1.08 bits per heavy atom. The van der Waals surface area contributed by atoms with Crippen molar-refractivity contribution >= 4 is 11.8 Å². The standard InChI is InChI=1S/C5H4F4N4/c6-1-2(5(7,8)9)12-4(11)13-3(1)10/h(H4,10,11,12,13). The van der Waals surface area contributed by atoms with Crippen LogP contribution in [0.3, 0.4) is 0 Å². The molecule has 0 bridgehead atoms. The number of nitrogens with zero attached hydrogens (tertiary/aromatic N) is 2. The van der Waals surface area contributed by atoms with Gasteiger partial charge in [0.05, 0.1) is 0 Å². The minimum Gasteiger partial charge on any atom is -0.381 e. The topological polar surface area (TPSA) is 77.8 Å². The van der Waals surface area contributed by atoms with Gasteiger partial charge in [-0.3, -0.25) is 0 Å². The van der Waals surface area contributed by atoms with Crippen molar-refractivity contribution < 1.29 is 17.6 Å². The molecule has 0 spiro atoms. The predicted molar refractivity (Wildman–Crippen MR) is 35.8 cm³/mol. The molecule has 0 radical (unpaired) electrons. The molecule has 1 aromatic heterocycles. The maximum atomic E-state index is 12.7. The van der Waals surface area contributed by atoms with E-state index in [0.717, 1.165) is 0 Å². The lowest BCUT2D eigenvalue weighted by Gasteiger charge is -2.07. The molecule has 1 aromatic rings. The van der Waals surface area contributed by atoms with Crippen LogP contribution < -0.4 is 11.5 Å². The fourth-order valence-electron chi connectivity index (χ4n) is 0.670. The van der Waals surface area contributed by atoms with Crippen molar-refractivity contribution in [2.45, 2.75) is 6.18 Å². The molecule has 0 aliphatic heterocycles. The van der Waals surface area contributed by atoms with Crippen LogP contribution >= 0.6 is 0 Å². The minimum atomic E-state index is -4.92. The third-order valence-corrected chi connectivity index (χ3v) is 1.16. The summed E-state index contributed by atoms with van der Waals surface area (Å²) in [6, 6.07) is 0. The summed E-state index contributed by atoms with van der Waals surface area (Å²) in [7, 11) is 0. The molecule has 0 saturated carbocycles. The van der Waals surface area contributed by atoms with Crippen molar-refractivity contribution in [3.8, 4) is 0 Å². The number of nitrogen functional groups attached to an aromatic ring is 2. The van der Waals surface area contributed by atoms with Gasteiger partial charge < -0.3 is 11.5 Å². The zero-order chi connectivity index (χ0) is 10.2. The molecule has 0 unspecified atom stereocenters. The maximum Gasteiger partial charge on any atom is 0.436 e. The Balaban J connectivity index is 3.37. The third kappa shape index (κ3) is 1.76. The molecule has 4 nitrogen and oxygen atoms in total. The summed E-state index contributed by atoms with van der Waals surface area (Å²) in [5.74, 6) is -3.34. The van der Waals surface area contributed by atoms with Gasteiger partial charge in [0.2, 0.25) is 5.95 Å².